The largest absolute Gasteiger partial charge is 0.352 e. The van der Waals surface area contributed by atoms with Crippen LogP contribution in [0.4, 0.5) is 10.2 Å². The predicted molar refractivity (Wildman–Crippen MR) is 114 cm³/mol. The van der Waals surface area contributed by atoms with E-state index in [1.54, 1.807) is 24.4 Å². The van der Waals surface area contributed by atoms with Crippen LogP contribution in [0.15, 0.2) is 47.3 Å². The van der Waals surface area contributed by atoms with Crippen molar-refractivity contribution in [2.24, 2.45) is 0 Å². The molecule has 0 aliphatic carbocycles. The van der Waals surface area contributed by atoms with Crippen LogP contribution in [0.25, 0.3) is 22.5 Å². The highest BCUT2D eigenvalue weighted by molar-refractivity contribution is 9.10. The quantitative estimate of drug-likeness (QED) is 0.544. The van der Waals surface area contributed by atoms with Gasteiger partial charge in [0.05, 0.1) is 22.2 Å². The van der Waals surface area contributed by atoms with Gasteiger partial charge in [-0.05, 0) is 46.3 Å². The van der Waals surface area contributed by atoms with Crippen molar-refractivity contribution in [1.82, 2.24) is 15.0 Å². The normalized spacial score (nSPS) is 16.0. The van der Waals surface area contributed by atoms with Gasteiger partial charge in [-0.15, -0.1) is 0 Å². The van der Waals surface area contributed by atoms with Gasteiger partial charge in [-0.25, -0.2) is 22.8 Å². The molecule has 0 radical (unpaired) electrons. The summed E-state index contributed by atoms with van der Waals surface area (Å²) in [5.41, 5.74) is 2.34. The number of sulfone groups is 1. The van der Waals surface area contributed by atoms with Gasteiger partial charge < -0.3 is 4.90 Å². The molecular formula is C19H15BrClFN4O2S. The highest BCUT2D eigenvalue weighted by Gasteiger charge is 2.26. The minimum Gasteiger partial charge on any atom is -0.352 e. The molecule has 4 rings (SSSR count). The minimum absolute atomic E-state index is 0.0617. The fraction of sp³-hybridized carbons (Fsp3) is 0.211. The Kier molecular flexibility index (Phi) is 5.54. The summed E-state index contributed by atoms with van der Waals surface area (Å²) in [6.07, 6.45) is 3.12. The molecule has 1 aliphatic rings. The highest BCUT2D eigenvalue weighted by atomic mass is 79.9. The first-order valence-electron chi connectivity index (χ1n) is 8.73. The second-order valence-corrected chi connectivity index (χ2v) is 10.00. The Morgan fingerprint density at radius 2 is 1.72 bits per heavy atom. The molecular weight excluding hydrogens is 483 g/mol. The maximum Gasteiger partial charge on any atom is 0.162 e. The van der Waals surface area contributed by atoms with Gasteiger partial charge in [0.1, 0.15) is 16.1 Å². The van der Waals surface area contributed by atoms with Crippen LogP contribution >= 0.6 is 27.5 Å². The van der Waals surface area contributed by atoms with Crippen LogP contribution in [0.5, 0.6) is 0 Å². The summed E-state index contributed by atoms with van der Waals surface area (Å²) < 4.78 is 37.5. The van der Waals surface area contributed by atoms with Crippen molar-refractivity contribution in [2.75, 3.05) is 29.5 Å². The van der Waals surface area contributed by atoms with E-state index >= 15 is 0 Å². The molecule has 2 aromatic heterocycles. The molecule has 6 nitrogen and oxygen atoms in total. The number of benzene rings is 1. The van der Waals surface area contributed by atoms with Gasteiger partial charge in [0.25, 0.3) is 0 Å². The van der Waals surface area contributed by atoms with Gasteiger partial charge in [-0.1, -0.05) is 11.6 Å². The van der Waals surface area contributed by atoms with Gasteiger partial charge >= 0.3 is 0 Å². The fourth-order valence-corrected chi connectivity index (χ4v) is 5.02. The van der Waals surface area contributed by atoms with Gasteiger partial charge in [0.15, 0.2) is 15.7 Å². The molecule has 0 unspecified atom stereocenters. The lowest BCUT2D eigenvalue weighted by molar-refractivity contribution is 0.586. The molecule has 0 amide bonds. The minimum atomic E-state index is -3.03. The fourth-order valence-electron chi connectivity index (χ4n) is 3.10. The predicted octanol–water partition coefficient (Wildman–Crippen LogP) is 4.00. The topological polar surface area (TPSA) is 76.1 Å². The molecule has 0 N–H and O–H groups in total. The Morgan fingerprint density at radius 3 is 2.38 bits per heavy atom. The third kappa shape index (κ3) is 4.26. The molecule has 3 aromatic rings. The summed E-state index contributed by atoms with van der Waals surface area (Å²) in [7, 11) is -3.03. The van der Waals surface area contributed by atoms with Crippen LogP contribution in [-0.2, 0) is 9.84 Å². The van der Waals surface area contributed by atoms with E-state index in [-0.39, 0.29) is 17.3 Å². The number of aromatic nitrogens is 3. The monoisotopic (exact) mass is 496 g/mol. The Balaban J connectivity index is 1.87. The molecule has 0 atom stereocenters. The third-order valence-corrected chi connectivity index (χ3v) is 7.07. The summed E-state index contributed by atoms with van der Waals surface area (Å²) in [6.45, 7) is 0.657. The zero-order valence-corrected chi connectivity index (χ0v) is 18.2. The number of halogens is 3. The maximum absolute atomic E-state index is 13.4. The summed E-state index contributed by atoms with van der Waals surface area (Å²) in [5, 5.41) is 0.402. The van der Waals surface area contributed by atoms with E-state index < -0.39 is 9.84 Å². The summed E-state index contributed by atoms with van der Waals surface area (Å²) in [6, 6.07) is 7.69. The van der Waals surface area contributed by atoms with E-state index in [4.69, 9.17) is 16.6 Å². The van der Waals surface area contributed by atoms with Crippen LogP contribution in [0.2, 0.25) is 5.02 Å². The number of hydrogen-bond donors (Lipinski definition) is 0. The number of hydrogen-bond acceptors (Lipinski definition) is 6. The van der Waals surface area contributed by atoms with Crippen molar-refractivity contribution < 1.29 is 12.8 Å². The Bertz CT molecular complexity index is 1160. The van der Waals surface area contributed by atoms with Crippen molar-refractivity contribution >= 4 is 43.2 Å². The molecule has 29 heavy (non-hydrogen) atoms. The molecule has 0 spiro atoms. The van der Waals surface area contributed by atoms with E-state index in [0.717, 1.165) is 0 Å². The standard InChI is InChI=1S/C19H15BrClFN4O2S/c20-18-19(26-7-9-29(27,28)10-8-26)25-17(14-5-6-23-11-15(14)21)16(24-18)12-1-3-13(22)4-2-12/h1-6,11H,7-10H2. The lowest BCUT2D eigenvalue weighted by Gasteiger charge is -2.29. The van der Waals surface area contributed by atoms with Crippen molar-refractivity contribution in [2.45, 2.75) is 0 Å². The molecule has 10 heteroatoms. The highest BCUT2D eigenvalue weighted by Crippen LogP contribution is 2.37. The third-order valence-electron chi connectivity index (χ3n) is 4.63. The molecule has 1 aromatic carbocycles. The number of anilines is 1. The number of nitrogens with zero attached hydrogens (tertiary/aromatic N) is 4. The smallest absolute Gasteiger partial charge is 0.162 e. The van der Waals surface area contributed by atoms with Crippen LogP contribution in [-0.4, -0.2) is 48.0 Å². The lowest BCUT2D eigenvalue weighted by Crippen LogP contribution is -2.41. The van der Waals surface area contributed by atoms with Crippen molar-refractivity contribution in [3.63, 3.8) is 0 Å². The Hall–Kier alpha value is -2.10. The molecule has 1 aliphatic heterocycles. The van der Waals surface area contributed by atoms with Gasteiger partial charge in [-0.3, -0.25) is 4.98 Å². The van der Waals surface area contributed by atoms with E-state index in [0.29, 0.717) is 51.0 Å². The summed E-state index contributed by atoms with van der Waals surface area (Å²) >= 11 is 9.83. The molecule has 3 heterocycles. The van der Waals surface area contributed by atoms with Crippen molar-refractivity contribution in [3.05, 3.63) is 58.2 Å². The van der Waals surface area contributed by atoms with Crippen LogP contribution in [0.1, 0.15) is 0 Å². The second-order valence-electron chi connectivity index (χ2n) is 6.54. The average molecular weight is 498 g/mol. The van der Waals surface area contributed by atoms with Gasteiger partial charge in [0.2, 0.25) is 0 Å². The Morgan fingerprint density at radius 1 is 1.03 bits per heavy atom. The first kappa shape index (κ1) is 20.2. The summed E-state index contributed by atoms with van der Waals surface area (Å²) in [4.78, 5) is 15.3. The van der Waals surface area contributed by atoms with Gasteiger partial charge in [-0.2, -0.15) is 0 Å². The zero-order chi connectivity index (χ0) is 20.6. The van der Waals surface area contributed by atoms with Crippen LogP contribution in [0, 0.1) is 5.82 Å². The second kappa shape index (κ2) is 7.97. The summed E-state index contributed by atoms with van der Waals surface area (Å²) in [5.74, 6) is 0.308. The SMILES string of the molecule is O=S1(=O)CCN(c2nc(-c3ccncc3Cl)c(-c3ccc(F)cc3)nc2Br)CC1. The molecule has 0 saturated carbocycles. The first-order valence-corrected chi connectivity index (χ1v) is 11.7. The molecule has 1 fully saturated rings. The van der Waals surface area contributed by atoms with E-state index in [2.05, 4.69) is 25.9 Å². The maximum atomic E-state index is 13.4. The molecule has 0 bridgehead atoms. The van der Waals surface area contributed by atoms with Crippen LogP contribution < -0.4 is 4.90 Å². The van der Waals surface area contributed by atoms with E-state index in [1.807, 2.05) is 4.90 Å². The first-order chi connectivity index (χ1) is 13.8. The van der Waals surface area contributed by atoms with Crippen LogP contribution in [0.3, 0.4) is 0 Å². The molecule has 150 valence electrons. The van der Waals surface area contributed by atoms with E-state index in [9.17, 15) is 12.8 Å². The van der Waals surface area contributed by atoms with Gasteiger partial charge in [0, 0.05) is 36.6 Å². The van der Waals surface area contributed by atoms with Crippen molar-refractivity contribution in [1.29, 1.82) is 0 Å². The zero-order valence-electron chi connectivity index (χ0n) is 15.0. The lowest BCUT2D eigenvalue weighted by atomic mass is 10.0. The van der Waals surface area contributed by atoms with E-state index in [1.165, 1.54) is 18.3 Å². The Labute approximate surface area is 180 Å². The van der Waals surface area contributed by atoms with Crippen molar-refractivity contribution in [3.8, 4) is 22.5 Å². The number of pyridine rings is 1. The molecule has 1 saturated heterocycles. The number of rotatable bonds is 3. The average Bonchev–Trinajstić information content (AvgIpc) is 2.69.